The molecule has 1 aliphatic rings. The van der Waals surface area contributed by atoms with E-state index >= 15 is 0 Å². The summed E-state index contributed by atoms with van der Waals surface area (Å²) >= 11 is 11.9. The van der Waals surface area contributed by atoms with Crippen molar-refractivity contribution in [1.82, 2.24) is 5.32 Å². The Morgan fingerprint density at radius 1 is 1.22 bits per heavy atom. The molecule has 0 amide bonds. The van der Waals surface area contributed by atoms with E-state index in [4.69, 9.17) is 33.4 Å². The van der Waals surface area contributed by atoms with E-state index < -0.39 is 11.9 Å². The fourth-order valence-corrected chi connectivity index (χ4v) is 2.28. The van der Waals surface area contributed by atoms with E-state index in [2.05, 4.69) is 17.1 Å². The maximum absolute atomic E-state index is 9.55. The van der Waals surface area contributed by atoms with Crippen LogP contribution in [0.3, 0.4) is 0 Å². The molecule has 6 nitrogen and oxygen atoms in total. The van der Waals surface area contributed by atoms with Crippen LogP contribution >= 0.6 is 23.2 Å². The van der Waals surface area contributed by atoms with E-state index in [-0.39, 0.29) is 0 Å². The second-order valence-corrected chi connectivity index (χ2v) is 5.72. The Morgan fingerprint density at radius 2 is 1.83 bits per heavy atom. The Balaban J connectivity index is 0.000000284. The zero-order valence-corrected chi connectivity index (χ0v) is 14.0. The van der Waals surface area contributed by atoms with Gasteiger partial charge >= 0.3 is 11.9 Å². The van der Waals surface area contributed by atoms with Crippen molar-refractivity contribution in [3.05, 3.63) is 40.4 Å². The maximum Gasteiger partial charge on any atom is 0.328 e. The number of hydrogen-bond acceptors (Lipinski definition) is 4. The number of hydrogen-bond donors (Lipinski definition) is 3. The van der Waals surface area contributed by atoms with Gasteiger partial charge in [-0.15, -0.1) is 0 Å². The first-order chi connectivity index (χ1) is 10.8. The third kappa shape index (κ3) is 7.36. The van der Waals surface area contributed by atoms with Crippen LogP contribution < -0.4 is 10.2 Å². The predicted octanol–water partition coefficient (Wildman–Crippen LogP) is 2.50. The number of anilines is 1. The van der Waals surface area contributed by atoms with E-state index in [0.29, 0.717) is 28.2 Å². The summed E-state index contributed by atoms with van der Waals surface area (Å²) in [5.74, 6) is -2.51. The number of nitrogens with zero attached hydrogens (tertiary/aromatic N) is 1. The molecule has 1 atom stereocenters. The molecule has 1 unspecified atom stereocenters. The van der Waals surface area contributed by atoms with Crippen LogP contribution in [0.2, 0.25) is 10.0 Å². The molecule has 2 rings (SSSR count). The number of piperazine rings is 1. The lowest BCUT2D eigenvalue weighted by molar-refractivity contribution is -0.134. The zero-order chi connectivity index (χ0) is 17.4. The molecule has 0 saturated carbocycles. The standard InChI is InChI=1S/C11H14Cl2N2.C4H4O4/c1-8-7-15(5-4-14-8)9-2-3-10(12)11(13)6-9;5-3(6)1-2-4(7)8/h2-3,6,8,14H,4-5,7H2,1H3;1-2H,(H,5,6)(H,7,8)/b;2-1+. The van der Waals surface area contributed by atoms with Crippen molar-refractivity contribution in [2.24, 2.45) is 0 Å². The average molecular weight is 361 g/mol. The van der Waals surface area contributed by atoms with Crippen LogP contribution in [0.15, 0.2) is 30.4 Å². The second kappa shape index (κ2) is 9.39. The molecule has 1 saturated heterocycles. The molecule has 23 heavy (non-hydrogen) atoms. The molecule has 0 aliphatic carbocycles. The Labute approximate surface area is 144 Å². The fourth-order valence-electron chi connectivity index (χ4n) is 1.99. The molecule has 126 valence electrons. The smallest absolute Gasteiger partial charge is 0.328 e. The van der Waals surface area contributed by atoms with Gasteiger partial charge in [-0.2, -0.15) is 0 Å². The minimum Gasteiger partial charge on any atom is -0.478 e. The number of carbonyl (C=O) groups is 2. The molecule has 1 heterocycles. The molecule has 0 bridgehead atoms. The number of aliphatic carboxylic acids is 2. The molecule has 3 N–H and O–H groups in total. The van der Waals surface area contributed by atoms with E-state index in [1.54, 1.807) is 0 Å². The van der Waals surface area contributed by atoms with Crippen LogP contribution in [0.4, 0.5) is 5.69 Å². The molecular weight excluding hydrogens is 343 g/mol. The minimum atomic E-state index is -1.26. The lowest BCUT2D eigenvalue weighted by atomic mass is 10.2. The summed E-state index contributed by atoms with van der Waals surface area (Å²) in [6.07, 6.45) is 1.12. The normalized spacial score (nSPS) is 17.5. The fraction of sp³-hybridized carbons (Fsp3) is 0.333. The van der Waals surface area contributed by atoms with E-state index in [0.717, 1.165) is 25.3 Å². The van der Waals surface area contributed by atoms with Gasteiger partial charge < -0.3 is 20.4 Å². The lowest BCUT2D eigenvalue weighted by Crippen LogP contribution is -2.49. The van der Waals surface area contributed by atoms with Gasteiger partial charge in [-0.1, -0.05) is 23.2 Å². The Bertz CT molecular complexity index is 577. The van der Waals surface area contributed by atoms with Crippen molar-refractivity contribution in [1.29, 1.82) is 0 Å². The molecule has 0 radical (unpaired) electrons. The quantitative estimate of drug-likeness (QED) is 0.717. The highest BCUT2D eigenvalue weighted by Gasteiger charge is 2.16. The number of halogens is 2. The number of rotatable bonds is 3. The molecule has 0 aromatic heterocycles. The first kappa shape index (κ1) is 19.3. The van der Waals surface area contributed by atoms with Gasteiger partial charge in [0.2, 0.25) is 0 Å². The van der Waals surface area contributed by atoms with Crippen LogP contribution in [0.25, 0.3) is 0 Å². The summed E-state index contributed by atoms with van der Waals surface area (Å²) in [6.45, 7) is 5.23. The molecule has 1 fully saturated rings. The second-order valence-electron chi connectivity index (χ2n) is 4.91. The van der Waals surface area contributed by atoms with Crippen molar-refractivity contribution in [3.63, 3.8) is 0 Å². The van der Waals surface area contributed by atoms with E-state index in [1.165, 1.54) is 0 Å². The molecule has 8 heteroatoms. The van der Waals surface area contributed by atoms with Crippen molar-refractivity contribution in [2.45, 2.75) is 13.0 Å². The van der Waals surface area contributed by atoms with Crippen molar-refractivity contribution >= 4 is 40.8 Å². The Hall–Kier alpha value is -1.76. The summed E-state index contributed by atoms with van der Waals surface area (Å²) in [5, 5.41) is 20.3. The van der Waals surface area contributed by atoms with Gasteiger partial charge in [0.05, 0.1) is 10.0 Å². The number of carboxylic acids is 2. The topological polar surface area (TPSA) is 89.9 Å². The van der Waals surface area contributed by atoms with Crippen LogP contribution in [0.1, 0.15) is 6.92 Å². The van der Waals surface area contributed by atoms with Crippen molar-refractivity contribution in [3.8, 4) is 0 Å². The molecule has 0 spiro atoms. The SMILES string of the molecule is CC1CN(c2ccc(Cl)c(Cl)c2)CCN1.O=C(O)/C=C/C(=O)O. The first-order valence-corrected chi connectivity index (χ1v) is 7.62. The summed E-state index contributed by atoms with van der Waals surface area (Å²) in [5.41, 5.74) is 1.15. The molecule has 1 aromatic rings. The number of carboxylic acid groups (broad SMARTS) is 2. The highest BCUT2D eigenvalue weighted by atomic mass is 35.5. The first-order valence-electron chi connectivity index (χ1n) is 6.87. The van der Waals surface area contributed by atoms with Gasteiger partial charge in [0.25, 0.3) is 0 Å². The third-order valence-electron chi connectivity index (χ3n) is 3.01. The Morgan fingerprint density at radius 3 is 2.30 bits per heavy atom. The summed E-state index contributed by atoms with van der Waals surface area (Å²) in [6, 6.07) is 6.33. The summed E-state index contributed by atoms with van der Waals surface area (Å²) in [7, 11) is 0. The highest BCUT2D eigenvalue weighted by Crippen LogP contribution is 2.27. The maximum atomic E-state index is 9.55. The zero-order valence-electron chi connectivity index (χ0n) is 12.5. The van der Waals surface area contributed by atoms with Gasteiger partial charge in [0.1, 0.15) is 0 Å². The van der Waals surface area contributed by atoms with E-state index in [1.807, 2.05) is 18.2 Å². The molecular formula is C15H18Cl2N2O4. The highest BCUT2D eigenvalue weighted by molar-refractivity contribution is 6.42. The summed E-state index contributed by atoms with van der Waals surface area (Å²) < 4.78 is 0. The summed E-state index contributed by atoms with van der Waals surface area (Å²) in [4.78, 5) is 21.4. The van der Waals surface area contributed by atoms with Crippen LogP contribution in [-0.4, -0.2) is 47.8 Å². The third-order valence-corrected chi connectivity index (χ3v) is 3.74. The molecule has 1 aliphatic heterocycles. The monoisotopic (exact) mass is 360 g/mol. The van der Waals surface area contributed by atoms with Gasteiger partial charge in [0, 0.05) is 43.5 Å². The minimum absolute atomic E-state index is 0.521. The average Bonchev–Trinajstić information content (AvgIpc) is 2.48. The van der Waals surface area contributed by atoms with Crippen LogP contribution in [-0.2, 0) is 9.59 Å². The predicted molar refractivity (Wildman–Crippen MR) is 90.6 cm³/mol. The van der Waals surface area contributed by atoms with Gasteiger partial charge in [-0.3, -0.25) is 0 Å². The van der Waals surface area contributed by atoms with Gasteiger partial charge in [-0.25, -0.2) is 9.59 Å². The van der Waals surface area contributed by atoms with Crippen molar-refractivity contribution in [2.75, 3.05) is 24.5 Å². The molecule has 1 aromatic carbocycles. The number of benzene rings is 1. The largest absolute Gasteiger partial charge is 0.478 e. The van der Waals surface area contributed by atoms with Gasteiger partial charge in [0.15, 0.2) is 0 Å². The van der Waals surface area contributed by atoms with Gasteiger partial charge in [-0.05, 0) is 25.1 Å². The van der Waals surface area contributed by atoms with E-state index in [9.17, 15) is 9.59 Å². The van der Waals surface area contributed by atoms with Crippen LogP contribution in [0.5, 0.6) is 0 Å². The van der Waals surface area contributed by atoms with Crippen molar-refractivity contribution < 1.29 is 19.8 Å². The van der Waals surface area contributed by atoms with Crippen LogP contribution in [0, 0.1) is 0 Å². The Kier molecular flexibility index (Phi) is 7.88. The lowest BCUT2D eigenvalue weighted by Gasteiger charge is -2.33. The number of nitrogens with one attached hydrogen (secondary N) is 1.